The van der Waals surface area contributed by atoms with E-state index < -0.39 is 0 Å². The molecule has 0 aromatic carbocycles. The molecule has 1 atom stereocenters. The second-order valence-corrected chi connectivity index (χ2v) is 6.07. The van der Waals surface area contributed by atoms with Crippen LogP contribution in [0.3, 0.4) is 0 Å². The highest BCUT2D eigenvalue weighted by Gasteiger charge is 2.10. The summed E-state index contributed by atoms with van der Waals surface area (Å²) in [7, 11) is 0. The Kier molecular flexibility index (Phi) is 5.49. The Bertz CT molecular complexity index is 291. The Balaban J connectivity index is 1.52. The monoisotopic (exact) mass is 252 g/mol. The first-order valence-electron chi connectivity index (χ1n) is 6.83. The van der Waals surface area contributed by atoms with Crippen LogP contribution < -0.4 is 5.32 Å². The molecule has 3 heteroatoms. The third-order valence-electron chi connectivity index (χ3n) is 3.43. The molecule has 0 amide bonds. The molecular weight excluding hydrogens is 228 g/mol. The Morgan fingerprint density at radius 2 is 2.24 bits per heavy atom. The van der Waals surface area contributed by atoms with E-state index >= 15 is 0 Å². The molecule has 17 heavy (non-hydrogen) atoms. The lowest BCUT2D eigenvalue weighted by atomic mass is 10.2. The molecule has 1 aromatic heterocycles. The molecule has 1 fully saturated rings. The minimum atomic E-state index is 0.604. The topological polar surface area (TPSA) is 15.3 Å². The summed E-state index contributed by atoms with van der Waals surface area (Å²) in [5, 5.41) is 5.79. The normalized spacial score (nSPS) is 18.6. The fourth-order valence-corrected chi connectivity index (χ4v) is 3.30. The van der Waals surface area contributed by atoms with Gasteiger partial charge in [0, 0.05) is 10.9 Å². The fourth-order valence-electron chi connectivity index (χ4n) is 2.46. The first-order chi connectivity index (χ1) is 8.34. The van der Waals surface area contributed by atoms with Crippen molar-refractivity contribution in [1.29, 1.82) is 0 Å². The van der Waals surface area contributed by atoms with Crippen molar-refractivity contribution in [3.8, 4) is 0 Å². The summed E-state index contributed by atoms with van der Waals surface area (Å²) in [6.07, 6.45) is 5.26. The summed E-state index contributed by atoms with van der Waals surface area (Å²) < 4.78 is 0. The SMILES string of the molecule is CC(Cc1cccs1)NCCCN1CCCC1. The molecule has 1 N–H and O–H groups in total. The van der Waals surface area contributed by atoms with Crippen molar-refractivity contribution in [2.45, 2.75) is 38.6 Å². The third-order valence-corrected chi connectivity index (χ3v) is 4.33. The van der Waals surface area contributed by atoms with Gasteiger partial charge in [-0.3, -0.25) is 0 Å². The van der Waals surface area contributed by atoms with Crippen LogP contribution in [0.15, 0.2) is 17.5 Å². The van der Waals surface area contributed by atoms with E-state index in [0.29, 0.717) is 6.04 Å². The van der Waals surface area contributed by atoms with E-state index in [-0.39, 0.29) is 0 Å². The van der Waals surface area contributed by atoms with Gasteiger partial charge in [0.15, 0.2) is 0 Å². The summed E-state index contributed by atoms with van der Waals surface area (Å²) in [5.74, 6) is 0. The van der Waals surface area contributed by atoms with E-state index in [1.54, 1.807) is 0 Å². The molecule has 2 rings (SSSR count). The van der Waals surface area contributed by atoms with Gasteiger partial charge in [-0.2, -0.15) is 0 Å². The summed E-state index contributed by atoms with van der Waals surface area (Å²) >= 11 is 1.86. The number of hydrogen-bond donors (Lipinski definition) is 1. The van der Waals surface area contributed by atoms with Crippen molar-refractivity contribution < 1.29 is 0 Å². The van der Waals surface area contributed by atoms with E-state index in [2.05, 4.69) is 34.7 Å². The zero-order valence-corrected chi connectivity index (χ0v) is 11.6. The summed E-state index contributed by atoms with van der Waals surface area (Å²) in [4.78, 5) is 4.08. The zero-order valence-electron chi connectivity index (χ0n) is 10.8. The Hall–Kier alpha value is -0.380. The van der Waals surface area contributed by atoms with Crippen LogP contribution in [-0.2, 0) is 6.42 Å². The Morgan fingerprint density at radius 3 is 2.94 bits per heavy atom. The van der Waals surface area contributed by atoms with Crippen molar-refractivity contribution in [2.75, 3.05) is 26.2 Å². The minimum Gasteiger partial charge on any atom is -0.314 e. The van der Waals surface area contributed by atoms with Crippen molar-refractivity contribution in [1.82, 2.24) is 10.2 Å². The van der Waals surface area contributed by atoms with E-state index in [9.17, 15) is 0 Å². The van der Waals surface area contributed by atoms with Crippen molar-refractivity contribution >= 4 is 11.3 Å². The van der Waals surface area contributed by atoms with Crippen molar-refractivity contribution in [3.05, 3.63) is 22.4 Å². The van der Waals surface area contributed by atoms with Gasteiger partial charge in [-0.05, 0) is 70.2 Å². The van der Waals surface area contributed by atoms with Gasteiger partial charge in [0.1, 0.15) is 0 Å². The lowest BCUT2D eigenvalue weighted by molar-refractivity contribution is 0.328. The van der Waals surface area contributed by atoms with Crippen LogP contribution in [0.4, 0.5) is 0 Å². The Morgan fingerprint density at radius 1 is 1.41 bits per heavy atom. The first-order valence-corrected chi connectivity index (χ1v) is 7.70. The molecule has 1 aliphatic rings. The summed E-state index contributed by atoms with van der Waals surface area (Å²) in [6.45, 7) is 7.37. The zero-order chi connectivity index (χ0) is 11.9. The third kappa shape index (κ3) is 4.78. The molecule has 0 radical (unpaired) electrons. The van der Waals surface area contributed by atoms with Crippen molar-refractivity contribution in [2.24, 2.45) is 0 Å². The predicted molar refractivity (Wildman–Crippen MR) is 75.8 cm³/mol. The van der Waals surface area contributed by atoms with Crippen LogP contribution in [0.1, 0.15) is 31.1 Å². The smallest absolute Gasteiger partial charge is 0.00870 e. The molecule has 0 bridgehead atoms. The maximum atomic E-state index is 3.62. The highest BCUT2D eigenvalue weighted by atomic mass is 32.1. The molecule has 0 aliphatic carbocycles. The maximum absolute atomic E-state index is 3.62. The average Bonchev–Trinajstić information content (AvgIpc) is 2.96. The number of nitrogens with zero attached hydrogens (tertiary/aromatic N) is 1. The maximum Gasteiger partial charge on any atom is 0.00870 e. The van der Waals surface area contributed by atoms with Gasteiger partial charge in [0.05, 0.1) is 0 Å². The standard InChI is InChI=1S/C14H24N2S/c1-13(12-14-6-4-11-17-14)15-7-5-10-16-8-2-3-9-16/h4,6,11,13,15H,2-3,5,7-10,12H2,1H3. The lowest BCUT2D eigenvalue weighted by Crippen LogP contribution is -2.31. The molecule has 1 unspecified atom stereocenters. The second kappa shape index (κ2) is 7.14. The van der Waals surface area contributed by atoms with Gasteiger partial charge in [0.25, 0.3) is 0 Å². The molecule has 2 heterocycles. The number of thiophene rings is 1. The summed E-state index contributed by atoms with van der Waals surface area (Å²) in [6, 6.07) is 4.97. The highest BCUT2D eigenvalue weighted by Crippen LogP contribution is 2.11. The van der Waals surface area contributed by atoms with Gasteiger partial charge >= 0.3 is 0 Å². The lowest BCUT2D eigenvalue weighted by Gasteiger charge is -2.16. The highest BCUT2D eigenvalue weighted by molar-refractivity contribution is 7.09. The van der Waals surface area contributed by atoms with Gasteiger partial charge < -0.3 is 10.2 Å². The van der Waals surface area contributed by atoms with Crippen LogP contribution in [0, 0.1) is 0 Å². The van der Waals surface area contributed by atoms with E-state index in [1.165, 1.54) is 50.2 Å². The quantitative estimate of drug-likeness (QED) is 0.751. The fraction of sp³-hybridized carbons (Fsp3) is 0.714. The minimum absolute atomic E-state index is 0.604. The number of likely N-dealkylation sites (tertiary alicyclic amines) is 1. The average molecular weight is 252 g/mol. The second-order valence-electron chi connectivity index (χ2n) is 5.04. The predicted octanol–water partition coefficient (Wildman–Crippen LogP) is 2.75. The van der Waals surface area contributed by atoms with Crippen LogP contribution in [0.25, 0.3) is 0 Å². The molecular formula is C14H24N2S. The Labute approximate surface area is 109 Å². The molecule has 1 aliphatic heterocycles. The molecule has 1 aromatic rings. The molecule has 2 nitrogen and oxygen atoms in total. The van der Waals surface area contributed by atoms with E-state index in [0.717, 1.165) is 6.54 Å². The van der Waals surface area contributed by atoms with Gasteiger partial charge in [-0.25, -0.2) is 0 Å². The molecule has 0 saturated carbocycles. The van der Waals surface area contributed by atoms with E-state index in [1.807, 2.05) is 11.3 Å². The van der Waals surface area contributed by atoms with Gasteiger partial charge in [0.2, 0.25) is 0 Å². The number of nitrogens with one attached hydrogen (secondary N) is 1. The summed E-state index contributed by atoms with van der Waals surface area (Å²) in [5.41, 5.74) is 0. The van der Waals surface area contributed by atoms with Crippen LogP contribution in [0.2, 0.25) is 0 Å². The molecule has 1 saturated heterocycles. The van der Waals surface area contributed by atoms with Crippen molar-refractivity contribution in [3.63, 3.8) is 0 Å². The number of rotatable bonds is 7. The molecule has 0 spiro atoms. The first kappa shape index (κ1) is 13.1. The van der Waals surface area contributed by atoms with E-state index in [4.69, 9.17) is 0 Å². The number of hydrogen-bond acceptors (Lipinski definition) is 3. The van der Waals surface area contributed by atoms with Crippen LogP contribution in [-0.4, -0.2) is 37.1 Å². The largest absolute Gasteiger partial charge is 0.314 e. The van der Waals surface area contributed by atoms with Crippen LogP contribution in [0.5, 0.6) is 0 Å². The molecule has 96 valence electrons. The van der Waals surface area contributed by atoms with Gasteiger partial charge in [-0.15, -0.1) is 11.3 Å². The van der Waals surface area contributed by atoms with Gasteiger partial charge in [-0.1, -0.05) is 6.07 Å². The van der Waals surface area contributed by atoms with Crippen LogP contribution >= 0.6 is 11.3 Å².